The highest BCUT2D eigenvalue weighted by Gasteiger charge is 2.26. The molecule has 1 aromatic carbocycles. The molecule has 0 saturated heterocycles. The molecule has 0 spiro atoms. The van der Waals surface area contributed by atoms with Crippen molar-refractivity contribution >= 4 is 5.69 Å². The minimum absolute atomic E-state index is 0.0256. The lowest BCUT2D eigenvalue weighted by molar-refractivity contribution is 0.496. The Bertz CT molecular complexity index is 403. The number of rotatable bonds is 5. The predicted octanol–water partition coefficient (Wildman–Crippen LogP) is 2.66. The van der Waals surface area contributed by atoms with Gasteiger partial charge in [-0.05, 0) is 31.7 Å². The fraction of sp³-hybridized carbons (Fsp3) is 0.538. The molecule has 1 fully saturated rings. The smallest absolute Gasteiger partial charge is 0.182 e. The van der Waals surface area contributed by atoms with Crippen LogP contribution in [0.1, 0.15) is 25.3 Å². The first-order valence-electron chi connectivity index (χ1n) is 6.09. The lowest BCUT2D eigenvalue weighted by atomic mass is 10.1. The molecule has 94 valence electrons. The van der Waals surface area contributed by atoms with Crippen LogP contribution in [0.25, 0.3) is 0 Å². The van der Waals surface area contributed by atoms with E-state index in [0.29, 0.717) is 18.2 Å². The van der Waals surface area contributed by atoms with Crippen LogP contribution in [0.4, 0.5) is 14.5 Å². The second kappa shape index (κ2) is 5.00. The van der Waals surface area contributed by atoms with Crippen LogP contribution in [0.15, 0.2) is 12.1 Å². The third kappa shape index (κ3) is 2.57. The summed E-state index contributed by atoms with van der Waals surface area (Å²) in [6.45, 7) is 3.48. The minimum Gasteiger partial charge on any atom is -0.369 e. The first-order valence-corrected chi connectivity index (χ1v) is 6.09. The molecule has 1 aliphatic rings. The fourth-order valence-corrected chi connectivity index (χ4v) is 1.99. The molecule has 0 aliphatic heterocycles. The Kier molecular flexibility index (Phi) is 3.62. The van der Waals surface area contributed by atoms with Gasteiger partial charge in [0.2, 0.25) is 0 Å². The van der Waals surface area contributed by atoms with E-state index >= 15 is 0 Å². The molecular weight excluding hydrogens is 222 g/mol. The van der Waals surface area contributed by atoms with E-state index in [1.807, 2.05) is 11.8 Å². The summed E-state index contributed by atoms with van der Waals surface area (Å²) in [7, 11) is 0. The number of anilines is 1. The van der Waals surface area contributed by atoms with Crippen LogP contribution < -0.4 is 10.6 Å². The van der Waals surface area contributed by atoms with Crippen LogP contribution in [0.3, 0.4) is 0 Å². The van der Waals surface area contributed by atoms with Crippen molar-refractivity contribution in [2.45, 2.75) is 26.3 Å². The largest absolute Gasteiger partial charge is 0.369 e. The summed E-state index contributed by atoms with van der Waals surface area (Å²) < 4.78 is 27.5. The standard InChI is InChI=1S/C13H18F2N2/c1-2-17(8-9-3-4-9)11-6-5-10(7-16)12(14)13(11)15/h5-6,9H,2-4,7-8,16H2,1H3. The van der Waals surface area contributed by atoms with Crippen molar-refractivity contribution in [2.24, 2.45) is 11.7 Å². The molecule has 2 N–H and O–H groups in total. The number of hydrogen-bond donors (Lipinski definition) is 1. The Hall–Kier alpha value is -1.16. The van der Waals surface area contributed by atoms with E-state index in [-0.39, 0.29) is 12.1 Å². The quantitative estimate of drug-likeness (QED) is 0.857. The molecule has 0 aromatic heterocycles. The zero-order valence-electron chi connectivity index (χ0n) is 10.0. The Balaban J connectivity index is 2.26. The van der Waals surface area contributed by atoms with E-state index in [9.17, 15) is 8.78 Å². The molecule has 1 aliphatic carbocycles. The third-order valence-corrected chi connectivity index (χ3v) is 3.26. The van der Waals surface area contributed by atoms with E-state index < -0.39 is 11.6 Å². The first-order chi connectivity index (χ1) is 8.17. The molecule has 0 bridgehead atoms. The van der Waals surface area contributed by atoms with Gasteiger partial charge in [-0.15, -0.1) is 0 Å². The molecule has 1 aromatic rings. The Labute approximate surface area is 100 Å². The van der Waals surface area contributed by atoms with Gasteiger partial charge in [-0.25, -0.2) is 8.78 Å². The molecule has 0 heterocycles. The van der Waals surface area contributed by atoms with Gasteiger partial charge >= 0.3 is 0 Å². The zero-order valence-corrected chi connectivity index (χ0v) is 10.0. The van der Waals surface area contributed by atoms with E-state index in [0.717, 1.165) is 6.54 Å². The van der Waals surface area contributed by atoms with Crippen molar-refractivity contribution in [3.8, 4) is 0 Å². The molecular formula is C13H18F2N2. The van der Waals surface area contributed by atoms with Crippen molar-refractivity contribution in [3.63, 3.8) is 0 Å². The number of benzene rings is 1. The van der Waals surface area contributed by atoms with Crippen LogP contribution in [-0.2, 0) is 6.54 Å². The maximum Gasteiger partial charge on any atom is 0.182 e. The molecule has 17 heavy (non-hydrogen) atoms. The third-order valence-electron chi connectivity index (χ3n) is 3.26. The maximum atomic E-state index is 13.9. The van der Waals surface area contributed by atoms with E-state index in [1.54, 1.807) is 12.1 Å². The number of hydrogen-bond acceptors (Lipinski definition) is 2. The van der Waals surface area contributed by atoms with Gasteiger partial charge in [0.05, 0.1) is 5.69 Å². The van der Waals surface area contributed by atoms with Gasteiger partial charge in [-0.1, -0.05) is 6.07 Å². The van der Waals surface area contributed by atoms with Gasteiger partial charge in [0.15, 0.2) is 11.6 Å². The van der Waals surface area contributed by atoms with Gasteiger partial charge in [0.1, 0.15) is 0 Å². The summed E-state index contributed by atoms with van der Waals surface area (Å²) in [5.74, 6) is -0.929. The Morgan fingerprint density at radius 3 is 2.53 bits per heavy atom. The number of nitrogens with zero attached hydrogens (tertiary/aromatic N) is 1. The SMILES string of the molecule is CCN(CC1CC1)c1ccc(CN)c(F)c1F. The monoisotopic (exact) mass is 240 g/mol. The van der Waals surface area contributed by atoms with Gasteiger partial charge in [0.25, 0.3) is 0 Å². The van der Waals surface area contributed by atoms with Crippen LogP contribution in [-0.4, -0.2) is 13.1 Å². The highest BCUT2D eigenvalue weighted by molar-refractivity contribution is 5.50. The fourth-order valence-electron chi connectivity index (χ4n) is 1.99. The van der Waals surface area contributed by atoms with Crippen LogP contribution in [0.5, 0.6) is 0 Å². The number of nitrogens with two attached hydrogens (primary N) is 1. The zero-order chi connectivity index (χ0) is 12.4. The highest BCUT2D eigenvalue weighted by atomic mass is 19.2. The Morgan fingerprint density at radius 1 is 1.29 bits per heavy atom. The molecule has 2 rings (SSSR count). The van der Waals surface area contributed by atoms with Crippen molar-refractivity contribution in [1.29, 1.82) is 0 Å². The minimum atomic E-state index is -0.806. The topological polar surface area (TPSA) is 29.3 Å². The lowest BCUT2D eigenvalue weighted by Crippen LogP contribution is -2.26. The van der Waals surface area contributed by atoms with E-state index in [4.69, 9.17) is 5.73 Å². The average molecular weight is 240 g/mol. The molecule has 1 saturated carbocycles. The van der Waals surface area contributed by atoms with Gasteiger partial charge in [-0.3, -0.25) is 0 Å². The first kappa shape index (κ1) is 12.3. The summed E-state index contributed by atoms with van der Waals surface area (Å²) in [6.07, 6.45) is 2.39. The van der Waals surface area contributed by atoms with Gasteiger partial charge in [0, 0.05) is 25.2 Å². The average Bonchev–Trinajstić information content (AvgIpc) is 3.14. The van der Waals surface area contributed by atoms with Crippen molar-refractivity contribution in [3.05, 3.63) is 29.3 Å². The van der Waals surface area contributed by atoms with Crippen molar-refractivity contribution < 1.29 is 8.78 Å². The molecule has 4 heteroatoms. The predicted molar refractivity (Wildman–Crippen MR) is 64.9 cm³/mol. The second-order valence-corrected chi connectivity index (χ2v) is 4.56. The molecule has 0 unspecified atom stereocenters. The van der Waals surface area contributed by atoms with E-state index in [1.165, 1.54) is 12.8 Å². The summed E-state index contributed by atoms with van der Waals surface area (Å²) in [6, 6.07) is 3.20. The summed E-state index contributed by atoms with van der Waals surface area (Å²) in [5, 5.41) is 0. The Morgan fingerprint density at radius 2 is 2.00 bits per heavy atom. The van der Waals surface area contributed by atoms with Crippen LogP contribution in [0.2, 0.25) is 0 Å². The van der Waals surface area contributed by atoms with Crippen molar-refractivity contribution in [1.82, 2.24) is 0 Å². The summed E-state index contributed by atoms with van der Waals surface area (Å²) in [5.41, 5.74) is 5.93. The van der Waals surface area contributed by atoms with Crippen LogP contribution in [0, 0.1) is 17.6 Å². The maximum absolute atomic E-state index is 13.9. The second-order valence-electron chi connectivity index (χ2n) is 4.56. The van der Waals surface area contributed by atoms with Gasteiger partial charge in [-0.2, -0.15) is 0 Å². The summed E-state index contributed by atoms with van der Waals surface area (Å²) >= 11 is 0. The lowest BCUT2D eigenvalue weighted by Gasteiger charge is -2.24. The molecule has 0 radical (unpaired) electrons. The number of halogens is 2. The highest BCUT2D eigenvalue weighted by Crippen LogP contribution is 2.32. The van der Waals surface area contributed by atoms with Crippen LogP contribution >= 0.6 is 0 Å². The molecule has 0 atom stereocenters. The van der Waals surface area contributed by atoms with Gasteiger partial charge < -0.3 is 10.6 Å². The normalized spacial score (nSPS) is 15.1. The molecule has 2 nitrogen and oxygen atoms in total. The van der Waals surface area contributed by atoms with Crippen molar-refractivity contribution in [2.75, 3.05) is 18.0 Å². The van der Waals surface area contributed by atoms with E-state index in [2.05, 4.69) is 0 Å². The summed E-state index contributed by atoms with van der Waals surface area (Å²) in [4.78, 5) is 1.90. The molecule has 0 amide bonds.